The third-order valence-corrected chi connectivity index (χ3v) is 5.16. The quantitative estimate of drug-likeness (QED) is 0.849. The molecule has 0 aliphatic carbocycles. The van der Waals surface area contributed by atoms with Gasteiger partial charge in [0.05, 0.1) is 5.30 Å². The summed E-state index contributed by atoms with van der Waals surface area (Å²) in [6.45, 7) is 5.90. The van der Waals surface area contributed by atoms with Gasteiger partial charge in [0.1, 0.15) is 5.75 Å². The lowest BCUT2D eigenvalue weighted by atomic mass is 10.0. The Morgan fingerprint density at radius 2 is 1.76 bits per heavy atom. The van der Waals surface area contributed by atoms with Crippen LogP contribution in [0, 0.1) is 6.92 Å². The molecule has 2 rings (SSSR count). The second-order valence-corrected chi connectivity index (χ2v) is 6.70. The summed E-state index contributed by atoms with van der Waals surface area (Å²) in [6, 6.07) is 12.7. The molecule has 2 aromatic rings. The van der Waals surface area contributed by atoms with Crippen molar-refractivity contribution >= 4 is 12.9 Å². The van der Waals surface area contributed by atoms with Crippen molar-refractivity contribution in [2.24, 2.45) is 0 Å². The molecular formula is C17H21O3P. The van der Waals surface area contributed by atoms with Crippen molar-refractivity contribution in [1.29, 1.82) is 0 Å². The maximum atomic E-state index is 12.6. The van der Waals surface area contributed by atoms with Crippen molar-refractivity contribution in [2.75, 3.05) is 0 Å². The fraction of sp³-hybridized carbons (Fsp3) is 0.294. The molecule has 1 unspecified atom stereocenters. The zero-order chi connectivity index (χ0) is 15.5. The molecule has 0 aliphatic heterocycles. The van der Waals surface area contributed by atoms with E-state index in [4.69, 9.17) is 4.52 Å². The van der Waals surface area contributed by atoms with Crippen LogP contribution in [0.15, 0.2) is 42.5 Å². The third kappa shape index (κ3) is 3.37. The van der Waals surface area contributed by atoms with Crippen LogP contribution in [0.1, 0.15) is 30.5 Å². The summed E-state index contributed by atoms with van der Waals surface area (Å²) < 4.78 is 18.2. The van der Waals surface area contributed by atoms with Crippen LogP contribution in [0.4, 0.5) is 0 Å². The van der Waals surface area contributed by atoms with E-state index in [1.165, 1.54) is 0 Å². The largest absolute Gasteiger partial charge is 0.421 e. The number of hydrogen-bond donors (Lipinski definition) is 1. The highest BCUT2D eigenvalue weighted by Crippen LogP contribution is 2.44. The van der Waals surface area contributed by atoms with E-state index < -0.39 is 7.60 Å². The Morgan fingerprint density at radius 1 is 1.05 bits per heavy atom. The molecule has 1 atom stereocenters. The Bertz CT molecular complexity index is 679. The Balaban J connectivity index is 2.42. The molecule has 4 heteroatoms. The van der Waals surface area contributed by atoms with Crippen LogP contribution in [0.25, 0.3) is 0 Å². The van der Waals surface area contributed by atoms with Gasteiger partial charge in [-0.05, 0) is 48.6 Å². The molecule has 0 aliphatic rings. The normalized spacial score (nSPS) is 13.7. The lowest BCUT2D eigenvalue weighted by Gasteiger charge is -2.18. The lowest BCUT2D eigenvalue weighted by Crippen LogP contribution is -2.13. The van der Waals surface area contributed by atoms with Gasteiger partial charge in [-0.15, -0.1) is 0 Å². The number of benzene rings is 2. The first-order valence-corrected chi connectivity index (χ1v) is 8.76. The van der Waals surface area contributed by atoms with Gasteiger partial charge in [-0.2, -0.15) is 0 Å². The molecule has 0 saturated heterocycles. The van der Waals surface area contributed by atoms with Gasteiger partial charge in [-0.1, -0.05) is 44.2 Å². The molecule has 3 nitrogen and oxygen atoms in total. The van der Waals surface area contributed by atoms with Crippen LogP contribution in [-0.2, 0) is 17.4 Å². The van der Waals surface area contributed by atoms with E-state index in [0.717, 1.165) is 29.5 Å². The molecule has 0 radical (unpaired) electrons. The molecule has 0 spiro atoms. The predicted octanol–water partition coefficient (Wildman–Crippen LogP) is 4.01. The van der Waals surface area contributed by atoms with Crippen molar-refractivity contribution in [2.45, 2.75) is 33.6 Å². The fourth-order valence-electron chi connectivity index (χ4n) is 2.49. The number of hydrogen-bond acceptors (Lipinski definition) is 2. The minimum absolute atomic E-state index is 0.356. The Kier molecular flexibility index (Phi) is 4.87. The third-order valence-electron chi connectivity index (χ3n) is 3.61. The van der Waals surface area contributed by atoms with E-state index in [1.54, 1.807) is 18.2 Å². The molecule has 21 heavy (non-hydrogen) atoms. The van der Waals surface area contributed by atoms with Crippen molar-refractivity contribution in [3.05, 3.63) is 59.2 Å². The SMILES string of the molecule is CCc1cccc(OP(=O)(O)c2ccccc2C)c1CC. The Morgan fingerprint density at radius 3 is 2.38 bits per heavy atom. The van der Waals surface area contributed by atoms with Crippen molar-refractivity contribution in [3.8, 4) is 5.75 Å². The first-order valence-electron chi connectivity index (χ1n) is 7.19. The predicted molar refractivity (Wildman–Crippen MR) is 86.5 cm³/mol. The van der Waals surface area contributed by atoms with Gasteiger partial charge >= 0.3 is 7.60 Å². The van der Waals surface area contributed by atoms with Gasteiger partial charge in [0, 0.05) is 0 Å². The highest BCUT2D eigenvalue weighted by Gasteiger charge is 2.27. The van der Waals surface area contributed by atoms with Crippen molar-refractivity contribution < 1.29 is 14.0 Å². The monoisotopic (exact) mass is 304 g/mol. The molecule has 0 heterocycles. The summed E-state index contributed by atoms with van der Waals surface area (Å²) in [7, 11) is -3.87. The Labute approximate surface area is 126 Å². The second kappa shape index (κ2) is 6.46. The smallest absolute Gasteiger partial charge is 0.408 e. The van der Waals surface area contributed by atoms with Gasteiger partial charge in [0.15, 0.2) is 0 Å². The van der Waals surface area contributed by atoms with Crippen molar-refractivity contribution in [1.82, 2.24) is 0 Å². The van der Waals surface area contributed by atoms with Crippen LogP contribution >= 0.6 is 7.60 Å². The highest BCUT2D eigenvalue weighted by atomic mass is 31.2. The van der Waals surface area contributed by atoms with Gasteiger partial charge in [-0.3, -0.25) is 0 Å². The Hall–Kier alpha value is -1.57. The molecule has 1 N–H and O–H groups in total. The van der Waals surface area contributed by atoms with Gasteiger partial charge in [0.25, 0.3) is 0 Å². The van der Waals surface area contributed by atoms with E-state index >= 15 is 0 Å². The zero-order valence-electron chi connectivity index (χ0n) is 12.7. The molecule has 0 saturated carbocycles. The average molecular weight is 304 g/mol. The van der Waals surface area contributed by atoms with E-state index in [9.17, 15) is 9.46 Å². The minimum atomic E-state index is -3.87. The maximum Gasteiger partial charge on any atom is 0.408 e. The van der Waals surface area contributed by atoms with Crippen molar-refractivity contribution in [3.63, 3.8) is 0 Å². The maximum absolute atomic E-state index is 12.6. The first-order chi connectivity index (χ1) is 9.99. The average Bonchev–Trinajstić information content (AvgIpc) is 2.46. The molecule has 0 fully saturated rings. The van der Waals surface area contributed by atoms with Gasteiger partial charge < -0.3 is 9.42 Å². The summed E-state index contributed by atoms with van der Waals surface area (Å²) in [5, 5.41) is 0.356. The van der Waals surface area contributed by atoms with Gasteiger partial charge in [-0.25, -0.2) is 4.57 Å². The molecule has 0 bridgehead atoms. The lowest BCUT2D eigenvalue weighted by molar-refractivity contribution is 0.391. The number of rotatable bonds is 5. The molecule has 2 aromatic carbocycles. The summed E-state index contributed by atoms with van der Waals surface area (Å²) in [4.78, 5) is 10.3. The topological polar surface area (TPSA) is 46.5 Å². The molecule has 0 amide bonds. The standard InChI is InChI=1S/C17H21O3P/c1-4-14-10-8-11-16(15(14)5-2)20-21(18,19)17-12-7-6-9-13(17)3/h6-12H,4-5H2,1-3H3,(H,18,19). The highest BCUT2D eigenvalue weighted by molar-refractivity contribution is 7.61. The summed E-state index contributed by atoms with van der Waals surface area (Å²) in [5.74, 6) is 0.505. The molecule has 0 aromatic heterocycles. The van der Waals surface area contributed by atoms with Crippen LogP contribution in [0.5, 0.6) is 5.75 Å². The fourth-order valence-corrected chi connectivity index (χ4v) is 3.82. The van der Waals surface area contributed by atoms with Gasteiger partial charge in [0.2, 0.25) is 0 Å². The van der Waals surface area contributed by atoms with E-state index in [-0.39, 0.29) is 0 Å². The van der Waals surface area contributed by atoms with E-state index in [1.807, 2.05) is 38.1 Å². The molecule has 112 valence electrons. The number of aryl methyl sites for hydroxylation is 2. The van der Waals surface area contributed by atoms with Crippen LogP contribution in [0.3, 0.4) is 0 Å². The van der Waals surface area contributed by atoms with E-state index in [2.05, 4.69) is 6.92 Å². The van der Waals surface area contributed by atoms with Crippen LogP contribution in [0.2, 0.25) is 0 Å². The van der Waals surface area contributed by atoms with Crippen LogP contribution < -0.4 is 9.83 Å². The first kappa shape index (κ1) is 15.8. The molecular weight excluding hydrogens is 283 g/mol. The van der Waals surface area contributed by atoms with E-state index in [0.29, 0.717) is 11.1 Å². The van der Waals surface area contributed by atoms with Crippen LogP contribution in [-0.4, -0.2) is 4.89 Å². The summed E-state index contributed by atoms with van der Waals surface area (Å²) >= 11 is 0. The zero-order valence-corrected chi connectivity index (χ0v) is 13.6. The summed E-state index contributed by atoms with van der Waals surface area (Å²) in [5.41, 5.74) is 2.91. The summed E-state index contributed by atoms with van der Waals surface area (Å²) in [6.07, 6.45) is 1.65. The second-order valence-electron chi connectivity index (χ2n) is 5.00. The minimum Gasteiger partial charge on any atom is -0.421 e.